The summed E-state index contributed by atoms with van der Waals surface area (Å²) >= 11 is 0. The van der Waals surface area contributed by atoms with Crippen LogP contribution < -0.4 is 5.32 Å². The Morgan fingerprint density at radius 2 is 1.40 bits per heavy atom. The molecule has 0 spiro atoms. The molecule has 0 amide bonds. The van der Waals surface area contributed by atoms with Gasteiger partial charge < -0.3 is 5.32 Å². The van der Waals surface area contributed by atoms with Gasteiger partial charge in [0, 0.05) is 12.1 Å². The number of hydrogen-bond donors (Lipinski definition) is 1. The SMILES string of the molecule is CC1(C)C(NC2CCC(c3ccccc3)CC2)C1(C)C. The lowest BCUT2D eigenvalue weighted by Gasteiger charge is -2.30. The van der Waals surface area contributed by atoms with E-state index >= 15 is 0 Å². The van der Waals surface area contributed by atoms with Crippen LogP contribution in [-0.4, -0.2) is 12.1 Å². The van der Waals surface area contributed by atoms with E-state index in [1.54, 1.807) is 0 Å². The molecule has 0 saturated heterocycles. The second-order valence-electron chi connectivity index (χ2n) is 8.00. The summed E-state index contributed by atoms with van der Waals surface area (Å²) < 4.78 is 0. The maximum absolute atomic E-state index is 3.95. The molecule has 2 saturated carbocycles. The lowest BCUT2D eigenvalue weighted by Crippen LogP contribution is -2.36. The Labute approximate surface area is 124 Å². The van der Waals surface area contributed by atoms with E-state index in [2.05, 4.69) is 63.3 Å². The number of benzene rings is 1. The third-order valence-electron chi connectivity index (χ3n) is 6.42. The molecule has 110 valence electrons. The highest BCUT2D eigenvalue weighted by Crippen LogP contribution is 2.63. The summed E-state index contributed by atoms with van der Waals surface area (Å²) in [5.74, 6) is 0.787. The summed E-state index contributed by atoms with van der Waals surface area (Å²) in [7, 11) is 0. The third-order valence-corrected chi connectivity index (χ3v) is 6.42. The topological polar surface area (TPSA) is 12.0 Å². The van der Waals surface area contributed by atoms with Crippen molar-refractivity contribution < 1.29 is 0 Å². The highest BCUT2D eigenvalue weighted by molar-refractivity contribution is 5.21. The fourth-order valence-electron chi connectivity index (χ4n) is 4.17. The molecule has 0 aliphatic heterocycles. The summed E-state index contributed by atoms with van der Waals surface area (Å²) in [6.45, 7) is 9.61. The van der Waals surface area contributed by atoms with Gasteiger partial charge in [0.15, 0.2) is 0 Å². The first-order valence-corrected chi connectivity index (χ1v) is 8.24. The van der Waals surface area contributed by atoms with Gasteiger partial charge in [-0.2, -0.15) is 0 Å². The molecule has 1 nitrogen and oxygen atoms in total. The summed E-state index contributed by atoms with van der Waals surface area (Å²) in [6.07, 6.45) is 5.36. The smallest absolute Gasteiger partial charge is 0.0183 e. The average Bonchev–Trinajstić information content (AvgIpc) is 2.83. The van der Waals surface area contributed by atoms with Crippen LogP contribution in [0.3, 0.4) is 0 Å². The van der Waals surface area contributed by atoms with Gasteiger partial charge in [0.25, 0.3) is 0 Å². The molecule has 0 radical (unpaired) electrons. The van der Waals surface area contributed by atoms with Gasteiger partial charge in [0.05, 0.1) is 0 Å². The zero-order valence-corrected chi connectivity index (χ0v) is 13.4. The second kappa shape index (κ2) is 4.87. The van der Waals surface area contributed by atoms with E-state index < -0.39 is 0 Å². The maximum atomic E-state index is 3.95. The van der Waals surface area contributed by atoms with E-state index in [-0.39, 0.29) is 0 Å². The minimum absolute atomic E-state index is 0.462. The van der Waals surface area contributed by atoms with Crippen molar-refractivity contribution in [2.45, 2.75) is 71.4 Å². The maximum Gasteiger partial charge on any atom is 0.0183 e. The first-order valence-electron chi connectivity index (χ1n) is 8.24. The van der Waals surface area contributed by atoms with E-state index in [1.165, 1.54) is 31.2 Å². The van der Waals surface area contributed by atoms with Crippen LogP contribution in [0.15, 0.2) is 30.3 Å². The van der Waals surface area contributed by atoms with Crippen LogP contribution in [0.4, 0.5) is 0 Å². The zero-order chi connectivity index (χ0) is 14.4. The molecule has 0 unspecified atom stereocenters. The number of rotatable bonds is 3. The van der Waals surface area contributed by atoms with Crippen LogP contribution in [-0.2, 0) is 0 Å². The van der Waals surface area contributed by atoms with E-state index in [9.17, 15) is 0 Å². The molecule has 1 aromatic carbocycles. The Morgan fingerprint density at radius 3 is 1.90 bits per heavy atom. The molecule has 1 heteroatoms. The lowest BCUT2D eigenvalue weighted by atomic mass is 9.81. The van der Waals surface area contributed by atoms with Gasteiger partial charge in [-0.15, -0.1) is 0 Å². The van der Waals surface area contributed by atoms with Crippen LogP contribution >= 0.6 is 0 Å². The van der Waals surface area contributed by atoms with Crippen LogP contribution in [0, 0.1) is 10.8 Å². The standard InChI is InChI=1S/C19H29N/c1-18(2)17(19(18,3)4)20-16-12-10-15(11-13-16)14-8-6-5-7-9-14/h5-9,15-17,20H,10-13H2,1-4H3. The molecular formula is C19H29N. The zero-order valence-electron chi connectivity index (χ0n) is 13.4. The van der Waals surface area contributed by atoms with Crippen molar-refractivity contribution >= 4 is 0 Å². The Balaban J connectivity index is 1.53. The Kier molecular flexibility index (Phi) is 3.44. The molecule has 0 heterocycles. The highest BCUT2D eigenvalue weighted by atomic mass is 15.1. The second-order valence-corrected chi connectivity index (χ2v) is 8.00. The molecule has 0 aromatic heterocycles. The third kappa shape index (κ3) is 2.30. The van der Waals surface area contributed by atoms with Gasteiger partial charge in [0.1, 0.15) is 0 Å². The minimum atomic E-state index is 0.462. The van der Waals surface area contributed by atoms with Gasteiger partial charge in [-0.25, -0.2) is 0 Å². The molecule has 0 bridgehead atoms. The molecule has 0 atom stereocenters. The van der Waals surface area contributed by atoms with Crippen molar-refractivity contribution in [3.63, 3.8) is 0 Å². The molecule has 2 aliphatic rings. The Morgan fingerprint density at radius 1 is 0.850 bits per heavy atom. The summed E-state index contributed by atoms with van der Waals surface area (Å²) in [5.41, 5.74) is 2.46. The quantitative estimate of drug-likeness (QED) is 0.837. The van der Waals surface area contributed by atoms with Crippen molar-refractivity contribution in [1.82, 2.24) is 5.32 Å². The molecule has 1 aromatic rings. The summed E-state index contributed by atoms with van der Waals surface area (Å²) in [4.78, 5) is 0. The van der Waals surface area contributed by atoms with E-state index in [4.69, 9.17) is 0 Å². The predicted octanol–water partition coefficient (Wildman–Crippen LogP) is 4.74. The van der Waals surface area contributed by atoms with Gasteiger partial charge in [-0.3, -0.25) is 0 Å². The summed E-state index contributed by atoms with van der Waals surface area (Å²) in [6, 6.07) is 12.5. The Hall–Kier alpha value is -0.820. The molecule has 2 fully saturated rings. The van der Waals surface area contributed by atoms with Crippen LogP contribution in [0.2, 0.25) is 0 Å². The van der Waals surface area contributed by atoms with Crippen LogP contribution in [0.25, 0.3) is 0 Å². The van der Waals surface area contributed by atoms with Gasteiger partial charge in [0.2, 0.25) is 0 Å². The number of hydrogen-bond acceptors (Lipinski definition) is 1. The van der Waals surface area contributed by atoms with Gasteiger partial charge >= 0.3 is 0 Å². The molecular weight excluding hydrogens is 242 g/mol. The van der Waals surface area contributed by atoms with E-state index in [0.29, 0.717) is 16.9 Å². The molecule has 20 heavy (non-hydrogen) atoms. The van der Waals surface area contributed by atoms with Crippen molar-refractivity contribution in [1.29, 1.82) is 0 Å². The van der Waals surface area contributed by atoms with E-state index in [0.717, 1.165) is 12.0 Å². The molecule has 2 aliphatic carbocycles. The predicted molar refractivity (Wildman–Crippen MR) is 85.9 cm³/mol. The average molecular weight is 271 g/mol. The normalized spacial score (nSPS) is 32.0. The molecule has 1 N–H and O–H groups in total. The summed E-state index contributed by atoms with van der Waals surface area (Å²) in [5, 5.41) is 3.95. The number of nitrogens with one attached hydrogen (secondary N) is 1. The lowest BCUT2D eigenvalue weighted by molar-refractivity contribution is 0.326. The monoisotopic (exact) mass is 271 g/mol. The fourth-order valence-corrected chi connectivity index (χ4v) is 4.17. The minimum Gasteiger partial charge on any atom is -0.310 e. The molecule has 3 rings (SSSR count). The van der Waals surface area contributed by atoms with Crippen molar-refractivity contribution in [2.24, 2.45) is 10.8 Å². The first kappa shape index (κ1) is 14.1. The van der Waals surface area contributed by atoms with E-state index in [1.807, 2.05) is 0 Å². The van der Waals surface area contributed by atoms with Gasteiger partial charge in [-0.05, 0) is 48.0 Å². The van der Waals surface area contributed by atoms with Gasteiger partial charge in [-0.1, -0.05) is 58.0 Å². The van der Waals surface area contributed by atoms with Crippen molar-refractivity contribution in [2.75, 3.05) is 0 Å². The Bertz CT molecular complexity index is 438. The van der Waals surface area contributed by atoms with Crippen LogP contribution in [0.1, 0.15) is 64.9 Å². The highest BCUT2D eigenvalue weighted by Gasteiger charge is 2.64. The van der Waals surface area contributed by atoms with Crippen molar-refractivity contribution in [3.8, 4) is 0 Å². The van der Waals surface area contributed by atoms with Crippen molar-refractivity contribution in [3.05, 3.63) is 35.9 Å². The largest absolute Gasteiger partial charge is 0.310 e. The first-order chi connectivity index (χ1) is 9.43. The fraction of sp³-hybridized carbons (Fsp3) is 0.684. The van der Waals surface area contributed by atoms with Crippen LogP contribution in [0.5, 0.6) is 0 Å².